The Hall–Kier alpha value is -3.97. The van der Waals surface area contributed by atoms with Crippen molar-refractivity contribution < 1.29 is 19.2 Å². The first kappa shape index (κ1) is 21.3. The van der Waals surface area contributed by atoms with Crippen LogP contribution in [0.15, 0.2) is 83.5 Å². The van der Waals surface area contributed by atoms with Gasteiger partial charge in [0.25, 0.3) is 5.69 Å². The fourth-order valence-electron chi connectivity index (χ4n) is 3.12. The lowest BCUT2D eigenvalue weighted by Gasteiger charge is -2.09. The largest absolute Gasteiger partial charge is 0.493 e. The molecule has 1 heterocycles. The molecule has 0 N–H and O–H groups in total. The third-order valence-electron chi connectivity index (χ3n) is 4.72. The van der Waals surface area contributed by atoms with Crippen LogP contribution < -0.4 is 4.74 Å². The molecule has 0 saturated heterocycles. The summed E-state index contributed by atoms with van der Waals surface area (Å²) in [7, 11) is 0. The number of rotatable bonds is 7. The van der Waals surface area contributed by atoms with Crippen LogP contribution in [0.5, 0.6) is 5.75 Å². The second-order valence-electron chi connectivity index (χ2n) is 6.88. The van der Waals surface area contributed by atoms with Crippen molar-refractivity contribution in [3.63, 3.8) is 0 Å². The van der Waals surface area contributed by atoms with Crippen LogP contribution in [0.4, 0.5) is 5.69 Å². The number of carbonyl (C=O) groups is 1. The smallest absolute Gasteiger partial charge is 0.363 e. The number of ether oxygens (including phenoxy) is 2. The fourth-order valence-corrected chi connectivity index (χ4v) is 3.37. The van der Waals surface area contributed by atoms with E-state index in [1.165, 1.54) is 18.2 Å². The van der Waals surface area contributed by atoms with Crippen molar-refractivity contribution in [3.8, 4) is 5.75 Å². The van der Waals surface area contributed by atoms with Crippen molar-refractivity contribution >= 4 is 35.2 Å². The molecule has 3 aromatic carbocycles. The van der Waals surface area contributed by atoms with Crippen LogP contribution in [0.2, 0.25) is 5.02 Å². The minimum absolute atomic E-state index is 0.0105. The molecule has 7 nitrogen and oxygen atoms in total. The van der Waals surface area contributed by atoms with E-state index >= 15 is 0 Å². The van der Waals surface area contributed by atoms with Crippen molar-refractivity contribution in [1.82, 2.24) is 0 Å². The Labute approximate surface area is 188 Å². The number of hydrogen-bond acceptors (Lipinski definition) is 6. The molecule has 8 heteroatoms. The maximum Gasteiger partial charge on any atom is 0.363 e. The summed E-state index contributed by atoms with van der Waals surface area (Å²) in [4.78, 5) is 26.9. The number of nitro groups is 1. The molecule has 32 heavy (non-hydrogen) atoms. The number of halogens is 1. The summed E-state index contributed by atoms with van der Waals surface area (Å²) >= 11 is 6.13. The minimum Gasteiger partial charge on any atom is -0.493 e. The Bertz CT molecular complexity index is 1240. The maximum atomic E-state index is 12.4. The molecule has 0 aromatic heterocycles. The quantitative estimate of drug-likeness (QED) is 0.214. The summed E-state index contributed by atoms with van der Waals surface area (Å²) < 4.78 is 11.2. The van der Waals surface area contributed by atoms with E-state index in [-0.39, 0.29) is 22.3 Å². The molecule has 160 valence electrons. The lowest BCUT2D eigenvalue weighted by atomic mass is 10.1. The molecule has 0 aliphatic carbocycles. The first-order chi connectivity index (χ1) is 15.5. The summed E-state index contributed by atoms with van der Waals surface area (Å²) in [6.07, 6.45) is 2.32. The van der Waals surface area contributed by atoms with E-state index < -0.39 is 10.9 Å². The van der Waals surface area contributed by atoms with Gasteiger partial charge in [-0.05, 0) is 23.8 Å². The summed E-state index contributed by atoms with van der Waals surface area (Å²) in [6.45, 7) is 0.474. The number of carbonyl (C=O) groups excluding carboxylic acids is 1. The van der Waals surface area contributed by atoms with Gasteiger partial charge in [-0.15, -0.1) is 0 Å². The minimum atomic E-state index is -0.645. The number of non-ortho nitro benzene ring substituents is 1. The Kier molecular flexibility index (Phi) is 6.28. The molecule has 0 unspecified atom stereocenters. The maximum absolute atomic E-state index is 12.4. The Morgan fingerprint density at radius 1 is 1.06 bits per heavy atom. The molecule has 4 rings (SSSR count). The van der Waals surface area contributed by atoms with E-state index in [0.29, 0.717) is 23.5 Å². The summed E-state index contributed by atoms with van der Waals surface area (Å²) in [5.74, 6) is -0.0436. The van der Waals surface area contributed by atoms with Gasteiger partial charge in [-0.1, -0.05) is 60.1 Å². The summed E-state index contributed by atoms with van der Waals surface area (Å²) in [5, 5.41) is 11.0. The number of nitrogens with zero attached hydrogens (tertiary/aromatic N) is 2. The van der Waals surface area contributed by atoms with Crippen LogP contribution >= 0.6 is 11.6 Å². The van der Waals surface area contributed by atoms with Gasteiger partial charge in [-0.2, -0.15) is 0 Å². The molecule has 0 fully saturated rings. The van der Waals surface area contributed by atoms with E-state index in [1.54, 1.807) is 6.08 Å². The van der Waals surface area contributed by atoms with Gasteiger partial charge in [0.1, 0.15) is 5.75 Å². The molecular formula is C24H17ClN2O5. The number of para-hydroxylation sites is 1. The Morgan fingerprint density at radius 2 is 1.81 bits per heavy atom. The van der Waals surface area contributed by atoms with Crippen molar-refractivity contribution in [1.29, 1.82) is 0 Å². The van der Waals surface area contributed by atoms with E-state index in [4.69, 9.17) is 21.1 Å². The number of aliphatic imine (C=N–C) groups is 1. The number of esters is 1. The molecule has 1 aliphatic heterocycles. The molecule has 1 aliphatic rings. The summed E-state index contributed by atoms with van der Waals surface area (Å²) in [5.41, 5.74) is 2.04. The first-order valence-electron chi connectivity index (χ1n) is 9.74. The van der Waals surface area contributed by atoms with Gasteiger partial charge in [-0.25, -0.2) is 9.79 Å². The molecule has 0 saturated carbocycles. The monoisotopic (exact) mass is 448 g/mol. The van der Waals surface area contributed by atoms with Gasteiger partial charge < -0.3 is 9.47 Å². The van der Waals surface area contributed by atoms with E-state index in [0.717, 1.165) is 12.0 Å². The second-order valence-corrected chi connectivity index (χ2v) is 7.29. The highest BCUT2D eigenvalue weighted by Crippen LogP contribution is 2.28. The van der Waals surface area contributed by atoms with Gasteiger partial charge in [0.2, 0.25) is 5.90 Å². The number of hydrogen-bond donors (Lipinski definition) is 0. The van der Waals surface area contributed by atoms with Gasteiger partial charge >= 0.3 is 5.97 Å². The molecule has 0 radical (unpaired) electrons. The van der Waals surface area contributed by atoms with Crippen molar-refractivity contribution in [3.05, 3.63) is 110 Å². The normalized spacial score (nSPS) is 14.2. The second kappa shape index (κ2) is 9.45. The number of nitro benzene ring substituents is 1. The molecule has 3 aromatic rings. The SMILES string of the molecule is O=C1OC(c2ccc([N+](=O)[O-])cc2Cl)=N/C1=C\c1ccccc1OCCc1ccccc1. The third kappa shape index (κ3) is 4.84. The zero-order valence-corrected chi connectivity index (χ0v) is 17.5. The van der Waals surface area contributed by atoms with E-state index in [2.05, 4.69) is 4.99 Å². The zero-order chi connectivity index (χ0) is 22.5. The van der Waals surface area contributed by atoms with Crippen LogP contribution in [0.3, 0.4) is 0 Å². The predicted octanol–water partition coefficient (Wildman–Crippen LogP) is 5.21. The highest BCUT2D eigenvalue weighted by Gasteiger charge is 2.26. The summed E-state index contributed by atoms with van der Waals surface area (Å²) in [6, 6.07) is 21.1. The van der Waals surface area contributed by atoms with Gasteiger partial charge in [0.15, 0.2) is 5.70 Å². The van der Waals surface area contributed by atoms with Crippen LogP contribution in [0, 0.1) is 10.1 Å². The predicted molar refractivity (Wildman–Crippen MR) is 121 cm³/mol. The average Bonchev–Trinajstić information content (AvgIpc) is 3.15. The molecule has 0 atom stereocenters. The van der Waals surface area contributed by atoms with Gasteiger partial charge in [-0.3, -0.25) is 10.1 Å². The van der Waals surface area contributed by atoms with Crippen LogP contribution in [-0.2, 0) is 16.0 Å². The van der Waals surface area contributed by atoms with Gasteiger partial charge in [0.05, 0.1) is 22.1 Å². The highest BCUT2D eigenvalue weighted by atomic mass is 35.5. The zero-order valence-electron chi connectivity index (χ0n) is 16.7. The topological polar surface area (TPSA) is 91.0 Å². The number of cyclic esters (lactones) is 1. The molecule has 0 amide bonds. The molecule has 0 bridgehead atoms. The lowest BCUT2D eigenvalue weighted by Crippen LogP contribution is -2.06. The number of benzene rings is 3. The average molecular weight is 449 g/mol. The van der Waals surface area contributed by atoms with Crippen LogP contribution in [0.1, 0.15) is 16.7 Å². The Balaban J connectivity index is 1.54. The molecular weight excluding hydrogens is 432 g/mol. The van der Waals surface area contributed by atoms with Gasteiger partial charge in [0, 0.05) is 24.1 Å². The molecule has 0 spiro atoms. The first-order valence-corrected chi connectivity index (χ1v) is 10.1. The third-order valence-corrected chi connectivity index (χ3v) is 5.03. The van der Waals surface area contributed by atoms with E-state index in [9.17, 15) is 14.9 Å². The highest BCUT2D eigenvalue weighted by molar-refractivity contribution is 6.34. The van der Waals surface area contributed by atoms with Crippen LogP contribution in [0.25, 0.3) is 6.08 Å². The lowest BCUT2D eigenvalue weighted by molar-refractivity contribution is -0.384. The standard InChI is InChI=1S/C24H17ClN2O5/c25-20-15-18(27(29)30)10-11-19(20)23-26-21(24(28)32-23)14-17-8-4-5-9-22(17)31-13-12-16-6-2-1-3-7-16/h1-11,14-15H,12-13H2/b21-14-. The van der Waals surface area contributed by atoms with Crippen molar-refractivity contribution in [2.24, 2.45) is 4.99 Å². The Morgan fingerprint density at radius 3 is 2.56 bits per heavy atom. The van der Waals surface area contributed by atoms with E-state index in [1.807, 2.05) is 54.6 Å². The van der Waals surface area contributed by atoms with Crippen molar-refractivity contribution in [2.45, 2.75) is 6.42 Å². The van der Waals surface area contributed by atoms with Crippen molar-refractivity contribution in [2.75, 3.05) is 6.61 Å². The van der Waals surface area contributed by atoms with Crippen LogP contribution in [-0.4, -0.2) is 23.4 Å². The fraction of sp³-hybridized carbons (Fsp3) is 0.0833.